The van der Waals surface area contributed by atoms with E-state index in [2.05, 4.69) is 5.32 Å². The third kappa shape index (κ3) is 4.57. The van der Waals surface area contributed by atoms with Crippen molar-refractivity contribution in [2.24, 2.45) is 5.92 Å². The summed E-state index contributed by atoms with van der Waals surface area (Å²) in [6.45, 7) is 5.73. The maximum Gasteiger partial charge on any atom is 0.229 e. The fourth-order valence-electron chi connectivity index (χ4n) is 3.14. The molecule has 0 unspecified atom stereocenters. The number of hydrogen-bond donors (Lipinski definition) is 1. The lowest BCUT2D eigenvalue weighted by Crippen LogP contribution is -2.28. The van der Waals surface area contributed by atoms with Crippen LogP contribution in [0.5, 0.6) is 5.75 Å². The van der Waals surface area contributed by atoms with Crippen molar-refractivity contribution in [3.05, 3.63) is 54.1 Å². The van der Waals surface area contributed by atoms with E-state index in [9.17, 15) is 14.4 Å². The maximum atomic E-state index is 12.6. The fraction of sp³-hybridized carbons (Fsp3) is 0.318. The summed E-state index contributed by atoms with van der Waals surface area (Å²) in [7, 11) is 0. The van der Waals surface area contributed by atoms with Gasteiger partial charge in [0.15, 0.2) is 5.78 Å². The van der Waals surface area contributed by atoms with Crippen molar-refractivity contribution in [1.29, 1.82) is 0 Å². The molecule has 146 valence electrons. The summed E-state index contributed by atoms with van der Waals surface area (Å²) < 4.78 is 5.62. The number of ketones is 1. The highest BCUT2D eigenvalue weighted by atomic mass is 16.5. The molecule has 1 heterocycles. The van der Waals surface area contributed by atoms with Crippen molar-refractivity contribution in [1.82, 2.24) is 0 Å². The Kier molecular flexibility index (Phi) is 5.78. The lowest BCUT2D eigenvalue weighted by molar-refractivity contribution is -0.122. The number of amides is 2. The van der Waals surface area contributed by atoms with Gasteiger partial charge < -0.3 is 15.0 Å². The van der Waals surface area contributed by atoms with Crippen LogP contribution in [0.4, 0.5) is 11.4 Å². The van der Waals surface area contributed by atoms with Gasteiger partial charge in [0.25, 0.3) is 0 Å². The molecule has 0 radical (unpaired) electrons. The molecule has 1 fully saturated rings. The van der Waals surface area contributed by atoms with Gasteiger partial charge in [-0.1, -0.05) is 0 Å². The van der Waals surface area contributed by atoms with Crippen LogP contribution in [0.25, 0.3) is 0 Å². The Balaban J connectivity index is 1.63. The summed E-state index contributed by atoms with van der Waals surface area (Å²) in [5, 5.41) is 2.82. The highest BCUT2D eigenvalue weighted by Gasteiger charge is 2.35. The zero-order valence-corrected chi connectivity index (χ0v) is 16.3. The van der Waals surface area contributed by atoms with Crippen LogP contribution in [-0.2, 0) is 9.59 Å². The largest absolute Gasteiger partial charge is 0.491 e. The van der Waals surface area contributed by atoms with Gasteiger partial charge in [-0.2, -0.15) is 0 Å². The summed E-state index contributed by atoms with van der Waals surface area (Å²) in [6.07, 6.45) is 0.249. The van der Waals surface area contributed by atoms with Gasteiger partial charge in [-0.3, -0.25) is 14.4 Å². The maximum absolute atomic E-state index is 12.6. The Morgan fingerprint density at radius 1 is 1.07 bits per heavy atom. The second-order valence-electron chi connectivity index (χ2n) is 7.19. The van der Waals surface area contributed by atoms with E-state index in [4.69, 9.17) is 4.74 Å². The lowest BCUT2D eigenvalue weighted by atomic mass is 10.1. The van der Waals surface area contributed by atoms with E-state index in [0.29, 0.717) is 17.8 Å². The van der Waals surface area contributed by atoms with Crippen LogP contribution < -0.4 is 15.0 Å². The number of benzene rings is 2. The van der Waals surface area contributed by atoms with E-state index in [1.165, 1.54) is 6.92 Å². The van der Waals surface area contributed by atoms with Gasteiger partial charge in [0.1, 0.15) is 5.75 Å². The number of Topliss-reactive ketones (excluding diaryl/α,β-unsaturated/α-hetero) is 1. The molecule has 1 N–H and O–H groups in total. The predicted molar refractivity (Wildman–Crippen MR) is 108 cm³/mol. The molecule has 0 aromatic heterocycles. The minimum Gasteiger partial charge on any atom is -0.491 e. The van der Waals surface area contributed by atoms with Crippen LogP contribution in [-0.4, -0.2) is 30.2 Å². The molecular formula is C22H24N2O4. The number of anilines is 2. The Morgan fingerprint density at radius 3 is 2.29 bits per heavy atom. The highest BCUT2D eigenvalue weighted by Crippen LogP contribution is 2.28. The molecule has 2 amide bonds. The SMILES string of the molecule is CC(=O)c1ccc(NC(=O)[C@H]2CC(=O)N(c3ccc(OC(C)C)cc3)C2)cc1. The second kappa shape index (κ2) is 8.25. The molecular weight excluding hydrogens is 356 g/mol. The van der Waals surface area contributed by atoms with Gasteiger partial charge >= 0.3 is 0 Å². The first kappa shape index (κ1) is 19.6. The van der Waals surface area contributed by atoms with Crippen LogP contribution in [0.1, 0.15) is 37.6 Å². The first-order valence-corrected chi connectivity index (χ1v) is 9.32. The predicted octanol–water partition coefficient (Wildman–Crippen LogP) is 3.67. The van der Waals surface area contributed by atoms with Crippen molar-refractivity contribution in [2.45, 2.75) is 33.3 Å². The van der Waals surface area contributed by atoms with Crippen LogP contribution in [0.15, 0.2) is 48.5 Å². The van der Waals surface area contributed by atoms with Crippen molar-refractivity contribution >= 4 is 29.0 Å². The molecule has 6 heteroatoms. The number of carbonyl (C=O) groups excluding carboxylic acids is 3. The molecule has 1 saturated heterocycles. The molecule has 2 aromatic rings. The average molecular weight is 380 g/mol. The quantitative estimate of drug-likeness (QED) is 0.776. The minimum absolute atomic E-state index is 0.0280. The number of nitrogens with zero attached hydrogens (tertiary/aromatic N) is 1. The third-order valence-electron chi connectivity index (χ3n) is 4.57. The topological polar surface area (TPSA) is 75.7 Å². The minimum atomic E-state index is -0.424. The van der Waals surface area contributed by atoms with E-state index < -0.39 is 5.92 Å². The summed E-state index contributed by atoms with van der Waals surface area (Å²) in [5.74, 6) is 0.00998. The smallest absolute Gasteiger partial charge is 0.229 e. The summed E-state index contributed by atoms with van der Waals surface area (Å²) >= 11 is 0. The van der Waals surface area contributed by atoms with Crippen LogP contribution in [0, 0.1) is 5.92 Å². The lowest BCUT2D eigenvalue weighted by Gasteiger charge is -2.18. The molecule has 0 bridgehead atoms. The van der Waals surface area contributed by atoms with E-state index >= 15 is 0 Å². The number of nitrogens with one attached hydrogen (secondary N) is 1. The van der Waals surface area contributed by atoms with Crippen LogP contribution >= 0.6 is 0 Å². The van der Waals surface area contributed by atoms with Gasteiger partial charge in [-0.25, -0.2) is 0 Å². The van der Waals surface area contributed by atoms with Gasteiger partial charge in [-0.05, 0) is 69.3 Å². The zero-order chi connectivity index (χ0) is 20.3. The standard InChI is InChI=1S/C22H24N2O4/c1-14(2)28-20-10-8-19(9-11-20)24-13-17(12-21(24)26)22(27)23-18-6-4-16(5-7-18)15(3)25/h4-11,14,17H,12-13H2,1-3H3,(H,23,27)/t17-/m0/s1. The van der Waals surface area contributed by atoms with Crippen LogP contribution in [0.2, 0.25) is 0 Å². The van der Waals surface area contributed by atoms with Gasteiger partial charge in [-0.15, -0.1) is 0 Å². The molecule has 6 nitrogen and oxygen atoms in total. The van der Waals surface area contributed by atoms with Crippen molar-refractivity contribution in [3.63, 3.8) is 0 Å². The first-order valence-electron chi connectivity index (χ1n) is 9.32. The van der Waals surface area contributed by atoms with E-state index in [0.717, 1.165) is 11.4 Å². The molecule has 3 rings (SSSR count). The number of hydrogen-bond acceptors (Lipinski definition) is 4. The van der Waals surface area contributed by atoms with Crippen molar-refractivity contribution in [2.75, 3.05) is 16.8 Å². The molecule has 0 aliphatic carbocycles. The molecule has 1 atom stereocenters. The van der Waals surface area contributed by atoms with E-state index in [1.807, 2.05) is 38.1 Å². The number of rotatable bonds is 6. The van der Waals surface area contributed by atoms with Gasteiger partial charge in [0.05, 0.1) is 12.0 Å². The first-order chi connectivity index (χ1) is 13.3. The summed E-state index contributed by atoms with van der Waals surface area (Å²) in [6, 6.07) is 14.0. The number of carbonyl (C=O) groups is 3. The molecule has 0 saturated carbocycles. The van der Waals surface area contributed by atoms with Crippen molar-refractivity contribution < 1.29 is 19.1 Å². The van der Waals surface area contributed by atoms with E-state index in [1.54, 1.807) is 29.2 Å². The summed E-state index contributed by atoms with van der Waals surface area (Å²) in [5.41, 5.74) is 1.95. The monoisotopic (exact) mass is 380 g/mol. The zero-order valence-electron chi connectivity index (χ0n) is 16.3. The fourth-order valence-corrected chi connectivity index (χ4v) is 3.14. The Morgan fingerprint density at radius 2 is 1.71 bits per heavy atom. The Hall–Kier alpha value is -3.15. The van der Waals surface area contributed by atoms with Crippen molar-refractivity contribution in [3.8, 4) is 5.75 Å². The molecule has 1 aliphatic rings. The average Bonchev–Trinajstić information content (AvgIpc) is 3.04. The second-order valence-corrected chi connectivity index (χ2v) is 7.19. The highest BCUT2D eigenvalue weighted by molar-refractivity contribution is 6.03. The summed E-state index contributed by atoms with van der Waals surface area (Å²) in [4.78, 5) is 37.9. The van der Waals surface area contributed by atoms with Crippen LogP contribution in [0.3, 0.4) is 0 Å². The number of ether oxygens (including phenoxy) is 1. The van der Waals surface area contributed by atoms with E-state index in [-0.39, 0.29) is 30.1 Å². The van der Waals surface area contributed by atoms with Gasteiger partial charge in [0, 0.05) is 29.9 Å². The Bertz CT molecular complexity index is 872. The molecule has 0 spiro atoms. The third-order valence-corrected chi connectivity index (χ3v) is 4.57. The molecule has 28 heavy (non-hydrogen) atoms. The Labute approximate surface area is 164 Å². The van der Waals surface area contributed by atoms with Gasteiger partial charge in [0.2, 0.25) is 11.8 Å². The molecule has 1 aliphatic heterocycles. The normalized spacial score (nSPS) is 16.4. The molecule has 2 aromatic carbocycles.